The fraction of sp³-hybridized carbons (Fsp3) is 0. The molecular weight excluding hydrogens is 132 g/mol. The summed E-state index contributed by atoms with van der Waals surface area (Å²) in [5, 5.41) is 18.9. The third kappa shape index (κ3) is 1.24. The van der Waals surface area contributed by atoms with Crippen molar-refractivity contribution in [2.24, 2.45) is 5.84 Å². The zero-order valence-corrected chi connectivity index (χ0v) is 5.24. The molecule has 0 saturated carbocycles. The van der Waals surface area contributed by atoms with Crippen LogP contribution in [0.3, 0.4) is 0 Å². The van der Waals surface area contributed by atoms with Crippen LogP contribution in [0.15, 0.2) is 24.3 Å². The average molecular weight is 140 g/mol. The van der Waals surface area contributed by atoms with Crippen molar-refractivity contribution in [3.63, 3.8) is 0 Å². The van der Waals surface area contributed by atoms with Crippen molar-refractivity contribution in [1.82, 2.24) is 0 Å². The second-order valence-electron chi connectivity index (χ2n) is 1.88. The normalized spacial score (nSPS) is 13.0. The van der Waals surface area contributed by atoms with Crippen LogP contribution >= 0.6 is 0 Å². The Kier molecular flexibility index (Phi) is 1.86. The Bertz CT molecular complexity index is 225. The van der Waals surface area contributed by atoms with Gasteiger partial charge in [0.15, 0.2) is 11.4 Å². The zero-order chi connectivity index (χ0) is 7.56. The van der Waals surface area contributed by atoms with Crippen LogP contribution < -0.4 is 11.0 Å². The van der Waals surface area contributed by atoms with Gasteiger partial charge >= 0.3 is 0 Å². The summed E-state index contributed by atoms with van der Waals surface area (Å²) in [4.78, 5) is 0. The molecule has 0 saturated heterocycles. The fourth-order valence-corrected chi connectivity index (χ4v) is 0.682. The predicted octanol–water partition coefficient (Wildman–Crippen LogP) is -0.720. The number of hydrogen-bond acceptors (Lipinski definition) is 3. The summed E-state index contributed by atoms with van der Waals surface area (Å²) in [6.07, 6.45) is 0. The van der Waals surface area contributed by atoms with Crippen LogP contribution in [-0.2, 0) is 0 Å². The second-order valence-corrected chi connectivity index (χ2v) is 1.88. The first-order valence-electron chi connectivity index (χ1n) is 2.79. The molecule has 0 heterocycles. The molecule has 4 heteroatoms. The summed E-state index contributed by atoms with van der Waals surface area (Å²) >= 11 is 0. The molecule has 4 N–H and O–H groups in total. The molecule has 0 spiro atoms. The van der Waals surface area contributed by atoms with Gasteiger partial charge in [0.25, 0.3) is 0 Å². The number of benzene rings is 1. The van der Waals surface area contributed by atoms with E-state index in [1.807, 2.05) is 0 Å². The highest BCUT2D eigenvalue weighted by Gasteiger charge is 2.02. The van der Waals surface area contributed by atoms with E-state index in [4.69, 9.17) is 10.9 Å². The lowest BCUT2D eigenvalue weighted by Crippen LogP contribution is -3.08. The predicted molar refractivity (Wildman–Crippen MR) is 36.3 cm³/mol. The second kappa shape index (κ2) is 2.66. The van der Waals surface area contributed by atoms with Crippen molar-refractivity contribution < 1.29 is 10.3 Å². The van der Waals surface area contributed by atoms with Crippen molar-refractivity contribution in [1.29, 1.82) is 0 Å². The van der Waals surface area contributed by atoms with Gasteiger partial charge in [0.1, 0.15) is 0 Å². The minimum atomic E-state index is -0.613. The molecule has 1 atom stereocenters. The van der Waals surface area contributed by atoms with Crippen molar-refractivity contribution in [2.75, 3.05) is 0 Å². The summed E-state index contributed by atoms with van der Waals surface area (Å²) in [5.74, 6) is 4.84. The van der Waals surface area contributed by atoms with E-state index >= 15 is 0 Å². The molecule has 1 aromatic carbocycles. The molecule has 0 aliphatic rings. The maximum Gasteiger partial charge on any atom is 0.192 e. The summed E-state index contributed by atoms with van der Waals surface area (Å²) in [6.45, 7) is 0. The molecule has 10 heavy (non-hydrogen) atoms. The minimum absolute atomic E-state index is 0.0741. The highest BCUT2D eigenvalue weighted by Crippen LogP contribution is 2.15. The lowest BCUT2D eigenvalue weighted by atomic mass is 10.3. The Morgan fingerprint density at radius 1 is 1.40 bits per heavy atom. The molecule has 1 unspecified atom stereocenters. The standard InChI is InChI=1S/C6H8N2O2/c7-8(10)5-3-1-2-4-6(5)9/h1-4,8-9H,7H2. The molecule has 1 aromatic rings. The van der Waals surface area contributed by atoms with Gasteiger partial charge in [0, 0.05) is 6.07 Å². The number of para-hydroxylation sites is 1. The maximum absolute atomic E-state index is 10.5. The van der Waals surface area contributed by atoms with Gasteiger partial charge in [-0.3, -0.25) is 5.17 Å². The number of quaternary nitrogens is 1. The fourth-order valence-electron chi connectivity index (χ4n) is 0.682. The molecule has 0 bridgehead atoms. The highest BCUT2D eigenvalue weighted by molar-refractivity contribution is 5.43. The van der Waals surface area contributed by atoms with Crippen molar-refractivity contribution in [3.8, 4) is 5.75 Å². The van der Waals surface area contributed by atoms with Gasteiger partial charge in [0.2, 0.25) is 0 Å². The van der Waals surface area contributed by atoms with Gasteiger partial charge < -0.3 is 10.3 Å². The van der Waals surface area contributed by atoms with Gasteiger partial charge in [-0.25, -0.2) is 0 Å². The SMILES string of the molecule is N[NH+]([O-])c1ccccc1O. The first-order valence-corrected chi connectivity index (χ1v) is 2.79. The van der Waals surface area contributed by atoms with Crippen molar-refractivity contribution in [3.05, 3.63) is 29.5 Å². The highest BCUT2D eigenvalue weighted by atomic mass is 16.5. The molecule has 0 amide bonds. The molecule has 1 rings (SSSR count). The zero-order valence-electron chi connectivity index (χ0n) is 5.24. The number of hydrogen-bond donors (Lipinski definition) is 3. The molecule has 0 aliphatic heterocycles. The third-order valence-corrected chi connectivity index (χ3v) is 1.17. The Labute approximate surface area is 58.0 Å². The molecule has 0 aliphatic carbocycles. The Balaban J connectivity index is 3.03. The monoisotopic (exact) mass is 140 g/mol. The number of nitrogen functional groups attached to an aromatic ring is 1. The summed E-state index contributed by atoms with van der Waals surface area (Å²) in [6, 6.07) is 6.15. The minimum Gasteiger partial charge on any atom is -0.608 e. The van der Waals surface area contributed by atoms with E-state index in [9.17, 15) is 5.21 Å². The number of aromatic hydroxyl groups is 1. The number of phenols is 1. The van der Waals surface area contributed by atoms with E-state index in [0.717, 1.165) is 0 Å². The topological polar surface area (TPSA) is 73.8 Å². The molecule has 0 fully saturated rings. The number of nitrogens with two attached hydrogens (primary N) is 1. The van der Waals surface area contributed by atoms with Crippen LogP contribution in [0, 0.1) is 5.21 Å². The van der Waals surface area contributed by atoms with Crippen LogP contribution in [0.2, 0.25) is 0 Å². The lowest BCUT2D eigenvalue weighted by Gasteiger charge is -2.14. The molecular formula is C6H8N2O2. The van der Waals surface area contributed by atoms with Crippen molar-refractivity contribution >= 4 is 5.69 Å². The van der Waals surface area contributed by atoms with E-state index in [-0.39, 0.29) is 11.4 Å². The van der Waals surface area contributed by atoms with Crippen LogP contribution in [0.25, 0.3) is 0 Å². The van der Waals surface area contributed by atoms with Gasteiger partial charge in [0.05, 0.1) is 0 Å². The first-order chi connectivity index (χ1) is 4.72. The average Bonchev–Trinajstić information content (AvgIpc) is 1.88. The van der Waals surface area contributed by atoms with E-state index < -0.39 is 5.17 Å². The molecule has 54 valence electrons. The number of nitrogens with one attached hydrogen (secondary N) is 1. The number of phenolic OH excluding ortho intramolecular Hbond substituents is 1. The Hall–Kier alpha value is -1.10. The maximum atomic E-state index is 10.5. The molecule has 4 nitrogen and oxygen atoms in total. The van der Waals surface area contributed by atoms with E-state index in [0.29, 0.717) is 0 Å². The van der Waals surface area contributed by atoms with Crippen LogP contribution in [0.1, 0.15) is 0 Å². The first kappa shape index (κ1) is 7.01. The van der Waals surface area contributed by atoms with Gasteiger partial charge in [-0.2, -0.15) is 5.84 Å². The van der Waals surface area contributed by atoms with Crippen LogP contribution in [-0.4, -0.2) is 5.11 Å². The van der Waals surface area contributed by atoms with E-state index in [1.165, 1.54) is 12.1 Å². The van der Waals surface area contributed by atoms with Crippen LogP contribution in [0.4, 0.5) is 5.69 Å². The Morgan fingerprint density at radius 3 is 2.40 bits per heavy atom. The van der Waals surface area contributed by atoms with Crippen molar-refractivity contribution in [2.45, 2.75) is 0 Å². The van der Waals surface area contributed by atoms with Crippen LogP contribution in [0.5, 0.6) is 5.75 Å². The summed E-state index contributed by atoms with van der Waals surface area (Å²) < 4.78 is 0. The van der Waals surface area contributed by atoms with Gasteiger partial charge in [-0.1, -0.05) is 12.1 Å². The third-order valence-electron chi connectivity index (χ3n) is 1.17. The smallest absolute Gasteiger partial charge is 0.192 e. The Morgan fingerprint density at radius 2 is 2.00 bits per heavy atom. The van der Waals surface area contributed by atoms with E-state index in [2.05, 4.69) is 0 Å². The quantitative estimate of drug-likeness (QED) is 0.274. The molecule has 0 aromatic heterocycles. The largest absolute Gasteiger partial charge is 0.608 e. The van der Waals surface area contributed by atoms with Gasteiger partial charge in [-0.05, 0) is 6.07 Å². The summed E-state index contributed by atoms with van der Waals surface area (Å²) in [7, 11) is 0. The summed E-state index contributed by atoms with van der Waals surface area (Å²) in [5.41, 5.74) is 0.155. The molecule has 0 radical (unpaired) electrons. The van der Waals surface area contributed by atoms with E-state index in [1.54, 1.807) is 12.1 Å². The lowest BCUT2D eigenvalue weighted by molar-refractivity contribution is -0.789. The van der Waals surface area contributed by atoms with Gasteiger partial charge in [-0.15, -0.1) is 0 Å². The number of rotatable bonds is 1.